The fourth-order valence-corrected chi connectivity index (χ4v) is 4.01. The van der Waals surface area contributed by atoms with Gasteiger partial charge in [-0.15, -0.1) is 0 Å². The van der Waals surface area contributed by atoms with Gasteiger partial charge in [0.15, 0.2) is 5.11 Å². The van der Waals surface area contributed by atoms with Crippen molar-refractivity contribution in [1.29, 1.82) is 0 Å². The highest BCUT2D eigenvalue weighted by Gasteiger charge is 2.25. The molecular formula is C23H31N3O3S. The Balaban J connectivity index is 1.80. The SMILES string of the molecule is COc1ccc(CN(C(=S)Nc2cc(OC)cc(OC)c2)C2CCN(C)CC2)cc1. The van der Waals surface area contributed by atoms with Crippen molar-refractivity contribution in [1.82, 2.24) is 9.80 Å². The van der Waals surface area contributed by atoms with E-state index in [0.717, 1.165) is 55.4 Å². The van der Waals surface area contributed by atoms with E-state index in [2.05, 4.69) is 34.3 Å². The lowest BCUT2D eigenvalue weighted by molar-refractivity contribution is 0.173. The molecule has 1 aliphatic heterocycles. The van der Waals surface area contributed by atoms with Crippen molar-refractivity contribution in [3.63, 3.8) is 0 Å². The molecule has 2 aromatic carbocycles. The molecule has 2 aromatic rings. The van der Waals surface area contributed by atoms with Crippen LogP contribution in [0.5, 0.6) is 17.2 Å². The summed E-state index contributed by atoms with van der Waals surface area (Å²) in [7, 11) is 7.14. The number of methoxy groups -OCH3 is 3. The number of ether oxygens (including phenoxy) is 3. The van der Waals surface area contributed by atoms with Crippen molar-refractivity contribution < 1.29 is 14.2 Å². The van der Waals surface area contributed by atoms with E-state index in [9.17, 15) is 0 Å². The Morgan fingerprint density at radius 3 is 2.07 bits per heavy atom. The van der Waals surface area contributed by atoms with E-state index in [0.29, 0.717) is 11.2 Å². The zero-order valence-corrected chi connectivity index (χ0v) is 19.0. The molecule has 3 rings (SSSR count). The summed E-state index contributed by atoms with van der Waals surface area (Å²) in [5, 5.41) is 4.11. The molecule has 0 aliphatic carbocycles. The Kier molecular flexibility index (Phi) is 7.76. The lowest BCUT2D eigenvalue weighted by atomic mass is 10.0. The molecule has 6 nitrogen and oxygen atoms in total. The average molecular weight is 430 g/mol. The molecular weight excluding hydrogens is 398 g/mol. The van der Waals surface area contributed by atoms with Gasteiger partial charge in [-0.3, -0.25) is 0 Å². The van der Waals surface area contributed by atoms with E-state index >= 15 is 0 Å². The first-order valence-electron chi connectivity index (χ1n) is 10.1. The van der Waals surface area contributed by atoms with Crippen LogP contribution in [0.25, 0.3) is 0 Å². The molecule has 1 heterocycles. The lowest BCUT2D eigenvalue weighted by Crippen LogP contribution is -2.47. The summed E-state index contributed by atoms with van der Waals surface area (Å²) in [6.45, 7) is 2.88. The molecule has 0 spiro atoms. The van der Waals surface area contributed by atoms with Crippen LogP contribution in [0.4, 0.5) is 5.69 Å². The Morgan fingerprint density at radius 1 is 0.967 bits per heavy atom. The summed E-state index contributed by atoms with van der Waals surface area (Å²) in [5.41, 5.74) is 2.05. The number of piperidine rings is 1. The number of hydrogen-bond acceptors (Lipinski definition) is 5. The van der Waals surface area contributed by atoms with Crippen molar-refractivity contribution in [2.24, 2.45) is 0 Å². The molecule has 1 saturated heterocycles. The Bertz CT molecular complexity index is 814. The van der Waals surface area contributed by atoms with Crippen LogP contribution < -0.4 is 19.5 Å². The maximum atomic E-state index is 5.87. The number of thiocarbonyl (C=S) groups is 1. The van der Waals surface area contributed by atoms with Gasteiger partial charge in [-0.25, -0.2) is 0 Å². The van der Waals surface area contributed by atoms with Crippen LogP contribution in [-0.2, 0) is 6.54 Å². The molecule has 0 amide bonds. The molecule has 0 bridgehead atoms. The third-order valence-corrected chi connectivity index (χ3v) is 5.84. The van der Waals surface area contributed by atoms with Crippen LogP contribution in [0.2, 0.25) is 0 Å². The second kappa shape index (κ2) is 10.5. The summed E-state index contributed by atoms with van der Waals surface area (Å²) in [6.07, 6.45) is 2.16. The number of benzene rings is 2. The van der Waals surface area contributed by atoms with Crippen molar-refractivity contribution in [3.8, 4) is 17.2 Å². The zero-order valence-electron chi connectivity index (χ0n) is 18.2. The van der Waals surface area contributed by atoms with E-state index in [1.165, 1.54) is 5.56 Å². The number of likely N-dealkylation sites (tertiary alicyclic amines) is 1. The van der Waals surface area contributed by atoms with Gasteiger partial charge in [-0.05, 0) is 62.9 Å². The summed E-state index contributed by atoms with van der Waals surface area (Å²) >= 11 is 5.87. The van der Waals surface area contributed by atoms with Gasteiger partial charge in [0.05, 0.1) is 21.3 Å². The average Bonchev–Trinajstić information content (AvgIpc) is 2.78. The van der Waals surface area contributed by atoms with E-state index in [1.807, 2.05) is 30.3 Å². The maximum absolute atomic E-state index is 5.87. The van der Waals surface area contributed by atoms with Gasteiger partial charge in [-0.2, -0.15) is 0 Å². The molecule has 30 heavy (non-hydrogen) atoms. The fourth-order valence-electron chi connectivity index (χ4n) is 3.68. The second-order valence-corrected chi connectivity index (χ2v) is 7.93. The number of rotatable bonds is 7. The number of nitrogens with one attached hydrogen (secondary N) is 1. The highest BCUT2D eigenvalue weighted by atomic mass is 32.1. The molecule has 7 heteroatoms. The summed E-state index contributed by atoms with van der Waals surface area (Å²) in [5.74, 6) is 2.30. The van der Waals surface area contributed by atoms with Crippen LogP contribution in [0.1, 0.15) is 18.4 Å². The molecule has 1 aliphatic rings. The van der Waals surface area contributed by atoms with Crippen LogP contribution >= 0.6 is 12.2 Å². The van der Waals surface area contributed by atoms with E-state index in [-0.39, 0.29) is 0 Å². The van der Waals surface area contributed by atoms with Gasteiger partial charge < -0.3 is 29.3 Å². The minimum atomic E-state index is 0.385. The van der Waals surface area contributed by atoms with Gasteiger partial charge in [0.25, 0.3) is 0 Å². The number of hydrogen-bond donors (Lipinski definition) is 1. The topological polar surface area (TPSA) is 46.2 Å². The van der Waals surface area contributed by atoms with Gasteiger partial charge in [0, 0.05) is 36.5 Å². The van der Waals surface area contributed by atoms with Crippen LogP contribution in [-0.4, -0.2) is 62.4 Å². The lowest BCUT2D eigenvalue weighted by Gasteiger charge is -2.39. The second-order valence-electron chi connectivity index (χ2n) is 7.54. The van der Waals surface area contributed by atoms with Crippen LogP contribution in [0.15, 0.2) is 42.5 Å². The van der Waals surface area contributed by atoms with Crippen molar-refractivity contribution >= 4 is 23.0 Å². The standard InChI is InChI=1S/C23H31N3O3S/c1-25-11-9-19(10-12-25)26(16-17-5-7-20(27-2)8-6-17)23(30)24-18-13-21(28-3)15-22(14-18)29-4/h5-8,13-15,19H,9-12,16H2,1-4H3,(H,24,30). The van der Waals surface area contributed by atoms with E-state index < -0.39 is 0 Å². The van der Waals surface area contributed by atoms with Gasteiger partial charge in [-0.1, -0.05) is 12.1 Å². The van der Waals surface area contributed by atoms with E-state index in [1.54, 1.807) is 21.3 Å². The van der Waals surface area contributed by atoms with Gasteiger partial charge in [0.2, 0.25) is 0 Å². The quantitative estimate of drug-likeness (QED) is 0.668. The minimum Gasteiger partial charge on any atom is -0.497 e. The first-order valence-corrected chi connectivity index (χ1v) is 10.6. The summed E-state index contributed by atoms with van der Waals surface area (Å²) < 4.78 is 16.1. The van der Waals surface area contributed by atoms with Crippen molar-refractivity contribution in [2.45, 2.75) is 25.4 Å². The predicted molar refractivity (Wildman–Crippen MR) is 125 cm³/mol. The smallest absolute Gasteiger partial charge is 0.173 e. The first-order chi connectivity index (χ1) is 14.5. The third kappa shape index (κ3) is 5.77. The van der Waals surface area contributed by atoms with Crippen LogP contribution in [0, 0.1) is 0 Å². The zero-order chi connectivity index (χ0) is 21.5. The Hall–Kier alpha value is -2.51. The molecule has 1 fully saturated rings. The highest BCUT2D eigenvalue weighted by molar-refractivity contribution is 7.80. The first kappa shape index (κ1) is 22.2. The van der Waals surface area contributed by atoms with E-state index in [4.69, 9.17) is 26.4 Å². The molecule has 0 saturated carbocycles. The molecule has 0 radical (unpaired) electrons. The summed E-state index contributed by atoms with van der Waals surface area (Å²) in [4.78, 5) is 4.67. The molecule has 162 valence electrons. The number of anilines is 1. The predicted octanol–water partition coefficient (Wildman–Crippen LogP) is 4.01. The normalized spacial score (nSPS) is 14.8. The molecule has 0 aromatic heterocycles. The van der Waals surface area contributed by atoms with Gasteiger partial charge >= 0.3 is 0 Å². The van der Waals surface area contributed by atoms with Gasteiger partial charge in [0.1, 0.15) is 17.2 Å². The highest BCUT2D eigenvalue weighted by Crippen LogP contribution is 2.27. The minimum absolute atomic E-state index is 0.385. The third-order valence-electron chi connectivity index (χ3n) is 5.50. The van der Waals surface area contributed by atoms with Crippen molar-refractivity contribution in [2.75, 3.05) is 46.8 Å². The Labute approximate surface area is 184 Å². The maximum Gasteiger partial charge on any atom is 0.173 e. The number of nitrogens with zero attached hydrogens (tertiary/aromatic N) is 2. The fraction of sp³-hybridized carbons (Fsp3) is 0.435. The molecule has 0 atom stereocenters. The molecule has 0 unspecified atom stereocenters. The Morgan fingerprint density at radius 2 is 1.53 bits per heavy atom. The van der Waals surface area contributed by atoms with Crippen molar-refractivity contribution in [3.05, 3.63) is 48.0 Å². The largest absolute Gasteiger partial charge is 0.497 e. The monoisotopic (exact) mass is 429 g/mol. The summed E-state index contributed by atoms with van der Waals surface area (Å²) in [6, 6.07) is 14.3. The van der Waals surface area contributed by atoms with Crippen LogP contribution in [0.3, 0.4) is 0 Å². The molecule has 1 N–H and O–H groups in total.